The Morgan fingerprint density at radius 2 is 1.90 bits per heavy atom. The van der Waals surface area contributed by atoms with Crippen LogP contribution in [0, 0.1) is 6.92 Å². The Labute approximate surface area is 182 Å². The normalized spacial score (nSPS) is 18.2. The highest BCUT2D eigenvalue weighted by Crippen LogP contribution is 2.25. The summed E-state index contributed by atoms with van der Waals surface area (Å²) in [6.07, 6.45) is 1.49. The number of carbonyl (C=O) groups is 2. The zero-order valence-electron chi connectivity index (χ0n) is 17.8. The Kier molecular flexibility index (Phi) is 6.89. The fraction of sp³-hybridized carbons (Fsp3) is 0.478. The third kappa shape index (κ3) is 5.45. The molecular formula is C23H29N3O5. The number of amides is 2. The van der Waals surface area contributed by atoms with Crippen molar-refractivity contribution in [2.75, 3.05) is 50.9 Å². The fourth-order valence-corrected chi connectivity index (χ4v) is 3.99. The number of rotatable bonds is 8. The first-order valence-corrected chi connectivity index (χ1v) is 10.8. The average molecular weight is 428 g/mol. The van der Waals surface area contributed by atoms with Crippen molar-refractivity contribution in [2.45, 2.75) is 25.8 Å². The van der Waals surface area contributed by atoms with Gasteiger partial charge in [0, 0.05) is 38.3 Å². The number of hydrogen-bond donors (Lipinski definition) is 1. The van der Waals surface area contributed by atoms with Crippen LogP contribution in [0.5, 0.6) is 5.75 Å². The van der Waals surface area contributed by atoms with Crippen molar-refractivity contribution in [3.05, 3.63) is 47.9 Å². The Morgan fingerprint density at radius 3 is 2.55 bits per heavy atom. The number of hydrogen-bond acceptors (Lipinski definition) is 6. The zero-order valence-corrected chi connectivity index (χ0v) is 17.8. The van der Waals surface area contributed by atoms with Gasteiger partial charge in [-0.25, -0.2) is 0 Å². The number of nitrogens with one attached hydrogen (secondary N) is 1. The van der Waals surface area contributed by atoms with E-state index in [0.29, 0.717) is 31.9 Å². The molecule has 31 heavy (non-hydrogen) atoms. The van der Waals surface area contributed by atoms with Crippen molar-refractivity contribution in [3.63, 3.8) is 0 Å². The van der Waals surface area contributed by atoms with Crippen LogP contribution in [0.4, 0.5) is 5.69 Å². The molecule has 0 saturated carbocycles. The fourth-order valence-electron chi connectivity index (χ4n) is 3.99. The van der Waals surface area contributed by atoms with Crippen LogP contribution >= 0.6 is 0 Å². The van der Waals surface area contributed by atoms with E-state index in [1.165, 1.54) is 0 Å². The molecule has 2 amide bonds. The summed E-state index contributed by atoms with van der Waals surface area (Å²) in [5, 5.41) is 2.96. The minimum absolute atomic E-state index is 0.0427. The lowest BCUT2D eigenvalue weighted by atomic mass is 10.1. The molecule has 1 unspecified atom stereocenters. The van der Waals surface area contributed by atoms with Gasteiger partial charge in [0.2, 0.25) is 5.91 Å². The van der Waals surface area contributed by atoms with Gasteiger partial charge in [0.05, 0.1) is 19.3 Å². The summed E-state index contributed by atoms with van der Waals surface area (Å²) in [6, 6.07) is 11.1. The molecule has 2 saturated heterocycles. The molecular weight excluding hydrogens is 398 g/mol. The number of anilines is 1. The maximum absolute atomic E-state index is 12.4. The van der Waals surface area contributed by atoms with Crippen LogP contribution in [-0.4, -0.2) is 62.7 Å². The highest BCUT2D eigenvalue weighted by atomic mass is 16.5. The van der Waals surface area contributed by atoms with Gasteiger partial charge in [-0.3, -0.25) is 14.5 Å². The minimum atomic E-state index is -0.194. The van der Waals surface area contributed by atoms with Crippen LogP contribution in [0.15, 0.2) is 40.8 Å². The molecule has 0 bridgehead atoms. The molecule has 166 valence electrons. The smallest absolute Gasteiger partial charge is 0.258 e. The summed E-state index contributed by atoms with van der Waals surface area (Å²) in [5.41, 5.74) is 0.862. The van der Waals surface area contributed by atoms with E-state index in [2.05, 4.69) is 10.2 Å². The Balaban J connectivity index is 1.28. The summed E-state index contributed by atoms with van der Waals surface area (Å²) in [6.45, 7) is 5.96. The van der Waals surface area contributed by atoms with E-state index in [-0.39, 0.29) is 24.5 Å². The summed E-state index contributed by atoms with van der Waals surface area (Å²) >= 11 is 0. The van der Waals surface area contributed by atoms with E-state index >= 15 is 0 Å². The molecule has 0 radical (unpaired) electrons. The summed E-state index contributed by atoms with van der Waals surface area (Å²) in [4.78, 5) is 28.3. The van der Waals surface area contributed by atoms with Crippen molar-refractivity contribution in [2.24, 2.45) is 0 Å². The van der Waals surface area contributed by atoms with E-state index in [1.807, 2.05) is 31.2 Å². The number of benzene rings is 1. The van der Waals surface area contributed by atoms with Crippen LogP contribution in [-0.2, 0) is 14.3 Å². The van der Waals surface area contributed by atoms with Crippen LogP contribution in [0.25, 0.3) is 0 Å². The van der Waals surface area contributed by atoms with Gasteiger partial charge in [0.1, 0.15) is 17.3 Å². The van der Waals surface area contributed by atoms with Crippen molar-refractivity contribution < 1.29 is 23.5 Å². The number of nitrogens with zero attached hydrogens (tertiary/aromatic N) is 2. The lowest BCUT2D eigenvalue weighted by Gasteiger charge is -2.33. The van der Waals surface area contributed by atoms with Crippen LogP contribution < -0.4 is 15.0 Å². The van der Waals surface area contributed by atoms with Gasteiger partial charge in [-0.2, -0.15) is 0 Å². The van der Waals surface area contributed by atoms with E-state index in [4.69, 9.17) is 13.9 Å². The zero-order chi connectivity index (χ0) is 21.6. The van der Waals surface area contributed by atoms with Crippen LogP contribution in [0.1, 0.15) is 30.4 Å². The minimum Gasteiger partial charge on any atom is -0.484 e. The second-order valence-corrected chi connectivity index (χ2v) is 7.85. The largest absolute Gasteiger partial charge is 0.484 e. The molecule has 1 atom stereocenters. The molecule has 2 aliphatic rings. The summed E-state index contributed by atoms with van der Waals surface area (Å²) in [7, 11) is 0. The maximum Gasteiger partial charge on any atom is 0.258 e. The molecule has 8 heteroatoms. The average Bonchev–Trinajstić information content (AvgIpc) is 3.42. The highest BCUT2D eigenvalue weighted by molar-refractivity contribution is 5.95. The molecule has 0 aliphatic carbocycles. The van der Waals surface area contributed by atoms with Gasteiger partial charge in [-0.1, -0.05) is 0 Å². The van der Waals surface area contributed by atoms with Crippen LogP contribution in [0.2, 0.25) is 0 Å². The molecule has 0 spiro atoms. The quantitative estimate of drug-likeness (QED) is 0.696. The maximum atomic E-state index is 12.4. The molecule has 3 heterocycles. The molecule has 2 aromatic rings. The van der Waals surface area contributed by atoms with Gasteiger partial charge in [-0.05, 0) is 49.7 Å². The topological polar surface area (TPSA) is 84.2 Å². The lowest BCUT2D eigenvalue weighted by Crippen LogP contribution is -2.44. The first kappa shape index (κ1) is 21.4. The SMILES string of the molecule is Cc1ccc(C(CNC(=O)COc2ccc(N3CCCC3=O)cc2)N2CCOCC2)o1. The molecule has 4 rings (SSSR count). The van der Waals surface area contributed by atoms with E-state index in [1.54, 1.807) is 17.0 Å². The predicted octanol–water partition coefficient (Wildman–Crippen LogP) is 2.28. The first-order chi connectivity index (χ1) is 15.1. The second-order valence-electron chi connectivity index (χ2n) is 7.85. The van der Waals surface area contributed by atoms with Gasteiger partial charge in [0.25, 0.3) is 5.91 Å². The Hall–Kier alpha value is -2.84. The number of furan rings is 1. The molecule has 2 fully saturated rings. The lowest BCUT2D eigenvalue weighted by molar-refractivity contribution is -0.123. The number of carbonyl (C=O) groups excluding carboxylic acids is 2. The van der Waals surface area contributed by atoms with E-state index < -0.39 is 0 Å². The van der Waals surface area contributed by atoms with Crippen molar-refractivity contribution >= 4 is 17.5 Å². The molecule has 1 aromatic carbocycles. The number of ether oxygens (including phenoxy) is 2. The first-order valence-electron chi connectivity index (χ1n) is 10.8. The highest BCUT2D eigenvalue weighted by Gasteiger charge is 2.26. The predicted molar refractivity (Wildman–Crippen MR) is 115 cm³/mol. The Morgan fingerprint density at radius 1 is 1.13 bits per heavy atom. The van der Waals surface area contributed by atoms with Crippen molar-refractivity contribution in [1.82, 2.24) is 10.2 Å². The van der Waals surface area contributed by atoms with Crippen molar-refractivity contribution in [1.29, 1.82) is 0 Å². The number of aryl methyl sites for hydroxylation is 1. The van der Waals surface area contributed by atoms with E-state index in [0.717, 1.165) is 43.3 Å². The molecule has 1 N–H and O–H groups in total. The second kappa shape index (κ2) is 9.98. The van der Waals surface area contributed by atoms with Gasteiger partial charge in [0.15, 0.2) is 6.61 Å². The monoisotopic (exact) mass is 427 g/mol. The van der Waals surface area contributed by atoms with Gasteiger partial charge < -0.3 is 24.1 Å². The third-order valence-electron chi connectivity index (χ3n) is 5.66. The molecule has 8 nitrogen and oxygen atoms in total. The Bertz CT molecular complexity index is 889. The summed E-state index contributed by atoms with van der Waals surface area (Å²) in [5.74, 6) is 2.24. The van der Waals surface area contributed by atoms with Gasteiger partial charge in [-0.15, -0.1) is 0 Å². The standard InChI is InChI=1S/C23H29N3O5/c1-17-4-9-21(31-17)20(25-11-13-29-14-12-25)15-24-22(27)16-30-19-7-5-18(6-8-19)26-10-2-3-23(26)28/h4-9,20H,2-3,10-16H2,1H3,(H,24,27). The third-order valence-corrected chi connectivity index (χ3v) is 5.66. The summed E-state index contributed by atoms with van der Waals surface area (Å²) < 4.78 is 16.9. The van der Waals surface area contributed by atoms with E-state index in [9.17, 15) is 9.59 Å². The van der Waals surface area contributed by atoms with Crippen LogP contribution in [0.3, 0.4) is 0 Å². The van der Waals surface area contributed by atoms with Crippen molar-refractivity contribution in [3.8, 4) is 5.75 Å². The molecule has 2 aliphatic heterocycles. The van der Waals surface area contributed by atoms with Gasteiger partial charge >= 0.3 is 0 Å². The number of morpholine rings is 1. The molecule has 1 aromatic heterocycles.